The Bertz CT molecular complexity index is 525. The number of aliphatic carboxylic acids is 1. The van der Waals surface area contributed by atoms with Gasteiger partial charge in [-0.1, -0.05) is 0 Å². The highest BCUT2D eigenvalue weighted by Gasteiger charge is 2.09. The number of benzene rings is 1. The number of carboxylic acids is 1. The molecule has 1 amide bonds. The van der Waals surface area contributed by atoms with Gasteiger partial charge in [-0.15, -0.1) is 11.8 Å². The lowest BCUT2D eigenvalue weighted by atomic mass is 10.2. The molecule has 0 aromatic heterocycles. The Morgan fingerprint density at radius 2 is 2.21 bits per heavy atom. The summed E-state index contributed by atoms with van der Waals surface area (Å²) in [4.78, 5) is 21.9. The maximum Gasteiger partial charge on any atom is 0.313 e. The predicted octanol–water partition coefficient (Wildman–Crippen LogP) is 1.32. The normalized spacial score (nSPS) is 9.47. The van der Waals surface area contributed by atoms with Crippen LogP contribution in [0.1, 0.15) is 5.56 Å². The van der Waals surface area contributed by atoms with Crippen molar-refractivity contribution in [1.29, 1.82) is 5.26 Å². The fraction of sp³-hybridized carbons (Fsp3) is 0.250. The molecule has 0 heterocycles. The number of rotatable bonds is 6. The number of thioether (sulfide) groups is 1. The summed E-state index contributed by atoms with van der Waals surface area (Å²) in [5, 5.41) is 19.8. The number of nitriles is 1. The van der Waals surface area contributed by atoms with Gasteiger partial charge in [0.1, 0.15) is 5.75 Å². The number of ether oxygens (including phenoxy) is 1. The lowest BCUT2D eigenvalue weighted by molar-refractivity contribution is -0.133. The van der Waals surface area contributed by atoms with Crippen LogP contribution in [0.15, 0.2) is 18.2 Å². The van der Waals surface area contributed by atoms with E-state index in [4.69, 9.17) is 15.1 Å². The van der Waals surface area contributed by atoms with Crippen molar-refractivity contribution in [3.05, 3.63) is 23.8 Å². The zero-order chi connectivity index (χ0) is 14.3. The van der Waals surface area contributed by atoms with E-state index in [1.54, 1.807) is 12.1 Å². The molecule has 0 radical (unpaired) electrons. The minimum Gasteiger partial charge on any atom is -0.495 e. The molecule has 7 heteroatoms. The van der Waals surface area contributed by atoms with Crippen molar-refractivity contribution in [3.8, 4) is 11.8 Å². The van der Waals surface area contributed by atoms with Gasteiger partial charge < -0.3 is 15.2 Å². The zero-order valence-corrected chi connectivity index (χ0v) is 11.0. The topological polar surface area (TPSA) is 99.4 Å². The molecular weight excluding hydrogens is 268 g/mol. The van der Waals surface area contributed by atoms with Crippen LogP contribution < -0.4 is 10.1 Å². The number of carbonyl (C=O) groups is 2. The third-order valence-electron chi connectivity index (χ3n) is 2.06. The number of hydrogen-bond donors (Lipinski definition) is 2. The molecule has 0 unspecified atom stereocenters. The molecule has 0 spiro atoms. The summed E-state index contributed by atoms with van der Waals surface area (Å²) < 4.78 is 5.06. The number of hydrogen-bond acceptors (Lipinski definition) is 5. The number of nitrogens with zero attached hydrogens (tertiary/aromatic N) is 1. The van der Waals surface area contributed by atoms with E-state index in [1.165, 1.54) is 13.2 Å². The second kappa shape index (κ2) is 7.28. The maximum atomic E-state index is 11.6. The van der Waals surface area contributed by atoms with Gasteiger partial charge in [-0.05, 0) is 12.1 Å². The van der Waals surface area contributed by atoms with Crippen molar-refractivity contribution >= 4 is 29.3 Å². The summed E-state index contributed by atoms with van der Waals surface area (Å²) in [5.74, 6) is -0.994. The van der Waals surface area contributed by atoms with Gasteiger partial charge in [0.25, 0.3) is 0 Å². The van der Waals surface area contributed by atoms with Gasteiger partial charge in [0.15, 0.2) is 0 Å². The first-order valence-electron chi connectivity index (χ1n) is 5.24. The third-order valence-corrected chi connectivity index (χ3v) is 2.98. The summed E-state index contributed by atoms with van der Waals surface area (Å²) in [5.41, 5.74) is 0.873. The molecule has 0 aliphatic carbocycles. The molecule has 6 nitrogen and oxygen atoms in total. The average molecular weight is 280 g/mol. The lowest BCUT2D eigenvalue weighted by Gasteiger charge is -2.10. The van der Waals surface area contributed by atoms with Crippen molar-refractivity contribution in [3.63, 3.8) is 0 Å². The number of methoxy groups -OCH3 is 1. The van der Waals surface area contributed by atoms with Gasteiger partial charge in [0.2, 0.25) is 5.91 Å². The molecule has 19 heavy (non-hydrogen) atoms. The second-order valence-corrected chi connectivity index (χ2v) is 4.45. The first kappa shape index (κ1) is 14.9. The van der Waals surface area contributed by atoms with Gasteiger partial charge in [0.05, 0.1) is 35.9 Å². The molecule has 1 aromatic carbocycles. The van der Waals surface area contributed by atoms with E-state index in [0.717, 1.165) is 11.8 Å². The molecule has 0 atom stereocenters. The number of carboxylic acid groups (broad SMARTS) is 1. The quantitative estimate of drug-likeness (QED) is 0.815. The highest BCUT2D eigenvalue weighted by Crippen LogP contribution is 2.25. The third kappa shape index (κ3) is 4.89. The van der Waals surface area contributed by atoms with Crippen LogP contribution in [0.3, 0.4) is 0 Å². The summed E-state index contributed by atoms with van der Waals surface area (Å²) in [7, 11) is 1.44. The molecule has 0 fully saturated rings. The molecule has 100 valence electrons. The first-order valence-corrected chi connectivity index (χ1v) is 6.40. The van der Waals surface area contributed by atoms with Crippen LogP contribution in [-0.4, -0.2) is 35.6 Å². The van der Waals surface area contributed by atoms with E-state index < -0.39 is 5.97 Å². The van der Waals surface area contributed by atoms with E-state index in [-0.39, 0.29) is 17.4 Å². The number of anilines is 1. The fourth-order valence-corrected chi connectivity index (χ4v) is 1.82. The Morgan fingerprint density at radius 3 is 2.79 bits per heavy atom. The Balaban J connectivity index is 2.64. The molecule has 0 aliphatic rings. The van der Waals surface area contributed by atoms with Gasteiger partial charge in [-0.2, -0.15) is 5.26 Å². The summed E-state index contributed by atoms with van der Waals surface area (Å²) in [6.07, 6.45) is 0. The molecule has 1 rings (SSSR count). The van der Waals surface area contributed by atoms with Gasteiger partial charge in [-0.3, -0.25) is 9.59 Å². The summed E-state index contributed by atoms with van der Waals surface area (Å²) in [6, 6.07) is 6.61. The van der Waals surface area contributed by atoms with E-state index in [2.05, 4.69) is 5.32 Å². The average Bonchev–Trinajstić information content (AvgIpc) is 2.38. The highest BCUT2D eigenvalue weighted by molar-refractivity contribution is 8.00. The number of nitrogens with one attached hydrogen (secondary N) is 1. The molecule has 0 saturated heterocycles. The van der Waals surface area contributed by atoms with Crippen LogP contribution in [0.5, 0.6) is 5.75 Å². The van der Waals surface area contributed by atoms with Crippen molar-refractivity contribution in [2.75, 3.05) is 23.9 Å². The Kier molecular flexibility index (Phi) is 5.70. The van der Waals surface area contributed by atoms with Crippen LogP contribution in [-0.2, 0) is 9.59 Å². The molecule has 1 aromatic rings. The monoisotopic (exact) mass is 280 g/mol. The smallest absolute Gasteiger partial charge is 0.313 e. The van der Waals surface area contributed by atoms with Crippen LogP contribution in [0.25, 0.3) is 0 Å². The van der Waals surface area contributed by atoms with E-state index in [0.29, 0.717) is 17.0 Å². The minimum absolute atomic E-state index is 0.0372. The molecule has 0 saturated carbocycles. The van der Waals surface area contributed by atoms with Crippen LogP contribution in [0.2, 0.25) is 0 Å². The zero-order valence-electron chi connectivity index (χ0n) is 10.2. The second-order valence-electron chi connectivity index (χ2n) is 3.46. The van der Waals surface area contributed by atoms with Crippen molar-refractivity contribution in [2.45, 2.75) is 0 Å². The lowest BCUT2D eigenvalue weighted by Crippen LogP contribution is -2.16. The maximum absolute atomic E-state index is 11.6. The van der Waals surface area contributed by atoms with E-state index >= 15 is 0 Å². The number of amides is 1. The molecule has 0 bridgehead atoms. The predicted molar refractivity (Wildman–Crippen MR) is 71.3 cm³/mol. The molecular formula is C12H12N2O4S. The van der Waals surface area contributed by atoms with Gasteiger partial charge >= 0.3 is 5.97 Å². The fourth-order valence-electron chi connectivity index (χ4n) is 1.28. The minimum atomic E-state index is -0.964. The number of carbonyl (C=O) groups excluding carboxylic acids is 1. The van der Waals surface area contributed by atoms with Crippen LogP contribution >= 0.6 is 11.8 Å². The van der Waals surface area contributed by atoms with Crippen molar-refractivity contribution in [2.24, 2.45) is 0 Å². The Morgan fingerprint density at radius 1 is 1.47 bits per heavy atom. The summed E-state index contributed by atoms with van der Waals surface area (Å²) in [6.45, 7) is 0. The van der Waals surface area contributed by atoms with E-state index in [1.807, 2.05) is 6.07 Å². The van der Waals surface area contributed by atoms with Gasteiger partial charge in [-0.25, -0.2) is 0 Å². The highest BCUT2D eigenvalue weighted by atomic mass is 32.2. The molecule has 0 aliphatic heterocycles. The van der Waals surface area contributed by atoms with Crippen LogP contribution in [0, 0.1) is 11.3 Å². The largest absolute Gasteiger partial charge is 0.495 e. The van der Waals surface area contributed by atoms with Crippen LogP contribution in [0.4, 0.5) is 5.69 Å². The van der Waals surface area contributed by atoms with E-state index in [9.17, 15) is 9.59 Å². The Labute approximate surface area is 114 Å². The van der Waals surface area contributed by atoms with Crippen molar-refractivity contribution < 1.29 is 19.4 Å². The standard InChI is InChI=1S/C12H12N2O4S/c1-18-10-4-8(5-13)2-3-9(10)14-11(15)6-19-7-12(16)17/h2-4H,6-7H2,1H3,(H,14,15)(H,16,17). The summed E-state index contributed by atoms with van der Waals surface area (Å²) >= 11 is 1.01. The first-order chi connectivity index (χ1) is 9.06. The Hall–Kier alpha value is -2.20. The van der Waals surface area contributed by atoms with Crippen molar-refractivity contribution in [1.82, 2.24) is 0 Å². The molecule has 2 N–H and O–H groups in total. The van der Waals surface area contributed by atoms with Gasteiger partial charge in [0, 0.05) is 6.07 Å². The SMILES string of the molecule is COc1cc(C#N)ccc1NC(=O)CSCC(=O)O.